The number of ether oxygens (including phenoxy) is 2. The highest BCUT2D eigenvalue weighted by atomic mass is 16.5. The third-order valence-electron chi connectivity index (χ3n) is 7.01. The number of Topliss-reactive ketones (excluding diaryl/α,β-unsaturated/α-hetero) is 1. The van der Waals surface area contributed by atoms with Crippen LogP contribution in [0.1, 0.15) is 47.7 Å². The van der Waals surface area contributed by atoms with E-state index >= 15 is 0 Å². The highest BCUT2D eigenvalue weighted by molar-refractivity contribution is 5.86. The van der Waals surface area contributed by atoms with E-state index in [0.717, 1.165) is 51.2 Å². The fourth-order valence-electron chi connectivity index (χ4n) is 4.81. The van der Waals surface area contributed by atoms with Gasteiger partial charge in [-0.2, -0.15) is 0 Å². The van der Waals surface area contributed by atoms with Crippen molar-refractivity contribution in [2.75, 3.05) is 6.54 Å². The Bertz CT molecular complexity index is 1470. The lowest BCUT2D eigenvalue weighted by molar-refractivity contribution is -0.133. The van der Waals surface area contributed by atoms with Crippen molar-refractivity contribution in [2.24, 2.45) is 0 Å². The minimum atomic E-state index is 0.0364. The number of ketones is 1. The first-order chi connectivity index (χ1) is 18.5. The van der Waals surface area contributed by atoms with Crippen molar-refractivity contribution in [1.29, 1.82) is 0 Å². The molecular formula is C32H32N2O4. The van der Waals surface area contributed by atoms with Gasteiger partial charge in [-0.3, -0.25) is 4.79 Å². The van der Waals surface area contributed by atoms with Gasteiger partial charge in [0, 0.05) is 36.9 Å². The summed E-state index contributed by atoms with van der Waals surface area (Å²) in [7, 11) is 0. The van der Waals surface area contributed by atoms with Crippen molar-refractivity contribution in [3.63, 3.8) is 0 Å². The highest BCUT2D eigenvalue weighted by Crippen LogP contribution is 2.32. The molecule has 0 atom stereocenters. The van der Waals surface area contributed by atoms with Gasteiger partial charge in [-0.15, -0.1) is 0 Å². The predicted octanol–water partition coefficient (Wildman–Crippen LogP) is 5.96. The fourth-order valence-corrected chi connectivity index (χ4v) is 4.81. The lowest BCUT2D eigenvalue weighted by Gasteiger charge is -2.29. The summed E-state index contributed by atoms with van der Waals surface area (Å²) >= 11 is 0. The fraction of sp³-hybridized carbons (Fsp3) is 0.281. The number of amides is 1. The lowest BCUT2D eigenvalue weighted by atomic mass is 9.99. The summed E-state index contributed by atoms with van der Waals surface area (Å²) in [5, 5.41) is 0.987. The molecule has 3 aromatic carbocycles. The van der Waals surface area contributed by atoms with Gasteiger partial charge < -0.3 is 19.2 Å². The van der Waals surface area contributed by atoms with Crippen molar-refractivity contribution < 1.29 is 19.1 Å². The van der Waals surface area contributed by atoms with Crippen molar-refractivity contribution in [3.8, 4) is 11.5 Å². The van der Waals surface area contributed by atoms with Crippen LogP contribution in [-0.4, -0.2) is 28.1 Å². The van der Waals surface area contributed by atoms with Crippen LogP contribution in [0.2, 0.25) is 0 Å². The number of carbonyl (C=O) groups excluding carboxylic acids is 2. The van der Waals surface area contributed by atoms with E-state index in [-0.39, 0.29) is 18.1 Å². The van der Waals surface area contributed by atoms with Crippen molar-refractivity contribution in [1.82, 2.24) is 9.88 Å². The Morgan fingerprint density at radius 3 is 2.50 bits per heavy atom. The largest absolute Gasteiger partial charge is 0.488 e. The molecule has 0 saturated heterocycles. The van der Waals surface area contributed by atoms with Gasteiger partial charge in [0.1, 0.15) is 30.5 Å². The molecule has 0 aliphatic carbocycles. The summed E-state index contributed by atoms with van der Waals surface area (Å²) in [4.78, 5) is 30.4. The number of rotatable bonds is 9. The maximum absolute atomic E-state index is 12.5. The van der Waals surface area contributed by atoms with Gasteiger partial charge >= 0.3 is 0 Å². The van der Waals surface area contributed by atoms with Gasteiger partial charge in [-0.05, 0) is 61.2 Å². The summed E-state index contributed by atoms with van der Waals surface area (Å²) in [6.45, 7) is 5.58. The van der Waals surface area contributed by atoms with Gasteiger partial charge in [0.2, 0.25) is 5.91 Å². The molecule has 0 radical (unpaired) electrons. The van der Waals surface area contributed by atoms with Crippen LogP contribution < -0.4 is 9.47 Å². The molecule has 0 unspecified atom stereocenters. The molecule has 6 heteroatoms. The molecule has 5 rings (SSSR count). The van der Waals surface area contributed by atoms with E-state index in [2.05, 4.69) is 18.2 Å². The molecule has 0 saturated carbocycles. The number of benzene rings is 3. The molecular weight excluding hydrogens is 476 g/mol. The quantitative estimate of drug-likeness (QED) is 0.279. The van der Waals surface area contributed by atoms with Crippen LogP contribution in [0.5, 0.6) is 11.5 Å². The maximum Gasteiger partial charge on any atom is 0.223 e. The Balaban J connectivity index is 1.29. The van der Waals surface area contributed by atoms with Gasteiger partial charge in [0.15, 0.2) is 0 Å². The van der Waals surface area contributed by atoms with Crippen LogP contribution in [0.4, 0.5) is 0 Å². The third kappa shape index (κ3) is 5.86. The van der Waals surface area contributed by atoms with Crippen LogP contribution in [0, 0.1) is 6.92 Å². The predicted molar refractivity (Wildman–Crippen MR) is 147 cm³/mol. The van der Waals surface area contributed by atoms with E-state index in [1.54, 1.807) is 0 Å². The molecule has 0 N–H and O–H groups in total. The van der Waals surface area contributed by atoms with Crippen LogP contribution in [0.15, 0.2) is 72.8 Å². The molecule has 1 aliphatic heterocycles. The third-order valence-corrected chi connectivity index (χ3v) is 7.01. The molecule has 194 valence electrons. The smallest absolute Gasteiger partial charge is 0.223 e. The van der Waals surface area contributed by atoms with E-state index in [9.17, 15) is 9.59 Å². The zero-order valence-corrected chi connectivity index (χ0v) is 21.9. The number of pyridine rings is 1. The number of carbonyl (C=O) groups is 2. The molecule has 0 fully saturated rings. The van der Waals surface area contributed by atoms with E-state index in [0.29, 0.717) is 32.7 Å². The van der Waals surface area contributed by atoms with Gasteiger partial charge in [0.05, 0.1) is 11.2 Å². The second-order valence-corrected chi connectivity index (χ2v) is 9.79. The number of nitrogens with zero attached hydrogens (tertiary/aromatic N) is 2. The molecule has 1 aromatic heterocycles. The molecule has 2 heterocycles. The summed E-state index contributed by atoms with van der Waals surface area (Å²) < 4.78 is 12.5. The average Bonchev–Trinajstić information content (AvgIpc) is 2.94. The van der Waals surface area contributed by atoms with E-state index in [1.165, 1.54) is 12.5 Å². The average molecular weight is 509 g/mol. The number of para-hydroxylation sites is 1. The van der Waals surface area contributed by atoms with Crippen LogP contribution in [0.3, 0.4) is 0 Å². The van der Waals surface area contributed by atoms with E-state index < -0.39 is 0 Å². The van der Waals surface area contributed by atoms with Crippen LogP contribution in [-0.2, 0) is 35.8 Å². The number of aromatic nitrogens is 1. The molecule has 38 heavy (non-hydrogen) atoms. The van der Waals surface area contributed by atoms with Gasteiger partial charge in [-0.25, -0.2) is 4.98 Å². The van der Waals surface area contributed by atoms with Crippen molar-refractivity contribution in [3.05, 3.63) is 101 Å². The minimum Gasteiger partial charge on any atom is -0.488 e. The van der Waals surface area contributed by atoms with Crippen molar-refractivity contribution >= 4 is 22.6 Å². The normalized spacial score (nSPS) is 12.7. The SMILES string of the molecule is CC(=O)CCC(=O)N1CCc2cc(OCc3nc4ccccc4c(OCc4ccccc4)c3C)ccc2C1. The maximum atomic E-state index is 12.5. The molecule has 0 spiro atoms. The molecule has 1 aliphatic rings. The second-order valence-electron chi connectivity index (χ2n) is 9.79. The zero-order chi connectivity index (χ0) is 26.5. The van der Waals surface area contributed by atoms with Crippen molar-refractivity contribution in [2.45, 2.75) is 52.9 Å². The first-order valence-electron chi connectivity index (χ1n) is 13.0. The summed E-state index contributed by atoms with van der Waals surface area (Å²) in [5.74, 6) is 1.69. The number of fused-ring (bicyclic) bond motifs is 2. The van der Waals surface area contributed by atoms with Crippen LogP contribution >= 0.6 is 0 Å². The summed E-state index contributed by atoms with van der Waals surface area (Å²) in [6, 6.07) is 24.2. The highest BCUT2D eigenvalue weighted by Gasteiger charge is 2.21. The Morgan fingerprint density at radius 2 is 1.68 bits per heavy atom. The standard InChI is InChI=1S/C32H32N2O4/c1-22(35)12-15-31(36)34-17-16-25-18-27(14-13-26(25)19-34)37-21-30-23(2)32(28-10-6-7-11-29(28)33-30)38-20-24-8-4-3-5-9-24/h3-11,13-14,18H,12,15-17,19-21H2,1-2H3. The summed E-state index contributed by atoms with van der Waals surface area (Å²) in [5.41, 5.74) is 6.10. The van der Waals surface area contributed by atoms with E-state index in [4.69, 9.17) is 14.5 Å². The Labute approximate surface area is 223 Å². The monoisotopic (exact) mass is 508 g/mol. The lowest BCUT2D eigenvalue weighted by Crippen LogP contribution is -2.36. The topological polar surface area (TPSA) is 68.7 Å². The summed E-state index contributed by atoms with van der Waals surface area (Å²) in [6.07, 6.45) is 1.35. The Hall–Kier alpha value is -4.19. The number of hydrogen-bond acceptors (Lipinski definition) is 5. The molecule has 0 bridgehead atoms. The Morgan fingerprint density at radius 1 is 0.895 bits per heavy atom. The molecule has 6 nitrogen and oxygen atoms in total. The minimum absolute atomic E-state index is 0.0364. The second kappa shape index (κ2) is 11.5. The van der Waals surface area contributed by atoms with Gasteiger partial charge in [-0.1, -0.05) is 48.5 Å². The molecule has 4 aromatic rings. The Kier molecular flexibility index (Phi) is 7.68. The molecule has 1 amide bonds. The zero-order valence-electron chi connectivity index (χ0n) is 21.9. The van der Waals surface area contributed by atoms with Gasteiger partial charge in [0.25, 0.3) is 0 Å². The number of hydrogen-bond donors (Lipinski definition) is 0. The van der Waals surface area contributed by atoms with Crippen LogP contribution in [0.25, 0.3) is 10.9 Å². The first-order valence-corrected chi connectivity index (χ1v) is 13.0. The first kappa shape index (κ1) is 25.5. The van der Waals surface area contributed by atoms with E-state index in [1.807, 2.05) is 66.4 Å².